The van der Waals surface area contributed by atoms with Crippen LogP contribution in [0, 0.1) is 23.5 Å². The summed E-state index contributed by atoms with van der Waals surface area (Å²) in [5.74, 6) is 2.98. The van der Waals surface area contributed by atoms with E-state index in [-0.39, 0.29) is 25.1 Å². The summed E-state index contributed by atoms with van der Waals surface area (Å²) in [6, 6.07) is 10.2. The number of hydrogen-bond acceptors (Lipinski definition) is 5. The lowest BCUT2D eigenvalue weighted by Gasteiger charge is -2.48. The second-order valence-corrected chi connectivity index (χ2v) is 8.72. The number of aldehydes is 1. The van der Waals surface area contributed by atoms with Crippen LogP contribution in [-0.2, 0) is 9.59 Å². The summed E-state index contributed by atoms with van der Waals surface area (Å²) in [7, 11) is 1.20. The molecule has 1 fully saturated rings. The summed E-state index contributed by atoms with van der Waals surface area (Å²) in [5, 5.41) is 0. The lowest BCUT2D eigenvalue weighted by atomic mass is 9.91. The van der Waals surface area contributed by atoms with Crippen LogP contribution in [0.3, 0.4) is 0 Å². The van der Waals surface area contributed by atoms with Gasteiger partial charge in [-0.05, 0) is 38.1 Å². The average Bonchev–Trinajstić information content (AvgIpc) is 2.90. The quantitative estimate of drug-likeness (QED) is 0.358. The van der Waals surface area contributed by atoms with Gasteiger partial charge < -0.3 is 20.3 Å². The maximum Gasteiger partial charge on any atom is 0.325 e. The maximum atomic E-state index is 15.1. The Morgan fingerprint density at radius 1 is 1.16 bits per heavy atom. The van der Waals surface area contributed by atoms with Crippen molar-refractivity contribution in [3.05, 3.63) is 77.1 Å². The monoisotopic (exact) mass is 521 g/mol. The van der Waals surface area contributed by atoms with Crippen molar-refractivity contribution >= 4 is 30.1 Å². The van der Waals surface area contributed by atoms with Crippen molar-refractivity contribution in [2.45, 2.75) is 25.8 Å². The summed E-state index contributed by atoms with van der Waals surface area (Å²) in [4.78, 5) is 45.9. The first kappa shape index (κ1) is 28.1. The van der Waals surface area contributed by atoms with Crippen LogP contribution in [0.1, 0.15) is 31.4 Å². The normalized spacial score (nSPS) is 17.8. The van der Waals surface area contributed by atoms with Crippen LogP contribution in [0.15, 0.2) is 59.4 Å². The molecule has 198 valence electrons. The number of amides is 3. The lowest BCUT2D eigenvalue weighted by Crippen LogP contribution is -2.67. The van der Waals surface area contributed by atoms with E-state index in [1.807, 2.05) is 13.0 Å². The van der Waals surface area contributed by atoms with Gasteiger partial charge in [-0.15, -0.1) is 0 Å². The van der Waals surface area contributed by atoms with Crippen molar-refractivity contribution in [3.63, 3.8) is 0 Å². The SMILES string of the molecule is CCN=CC(=CN)N1CCN(C(=O)N(C)c2c(F)cc(C#Cc3ccccc3)cc2F)C(C)(CC=O)C1=O. The lowest BCUT2D eigenvalue weighted by molar-refractivity contribution is -0.145. The van der Waals surface area contributed by atoms with Gasteiger partial charge in [-0.1, -0.05) is 30.0 Å². The third-order valence-electron chi connectivity index (χ3n) is 6.21. The zero-order chi connectivity index (χ0) is 27.9. The molecule has 3 rings (SSSR count). The van der Waals surface area contributed by atoms with Crippen LogP contribution >= 0.6 is 0 Å². The largest absolute Gasteiger partial charge is 0.403 e. The summed E-state index contributed by atoms with van der Waals surface area (Å²) < 4.78 is 30.2. The molecule has 0 saturated carbocycles. The number of aliphatic imine (C=N–C) groups is 1. The van der Waals surface area contributed by atoms with Gasteiger partial charge in [-0.2, -0.15) is 0 Å². The summed E-state index contributed by atoms with van der Waals surface area (Å²) in [6.07, 6.45) is 2.85. The molecule has 1 saturated heterocycles. The zero-order valence-corrected chi connectivity index (χ0v) is 21.4. The standard InChI is InChI=1S/C28H29F2N5O3/c1-4-32-19-22(18-31)34-13-14-35(28(2,12-15-36)26(34)37)27(38)33(3)25-23(29)16-21(17-24(25)30)11-10-20-8-6-5-7-9-20/h5-9,15-19H,4,12-14,31H2,1-3H3. The van der Waals surface area contributed by atoms with Gasteiger partial charge in [0.2, 0.25) is 0 Å². The molecule has 10 heteroatoms. The molecule has 1 unspecified atom stereocenters. The molecule has 3 amide bonds. The topological polar surface area (TPSA) is 99.3 Å². The van der Waals surface area contributed by atoms with Crippen LogP contribution in [0.5, 0.6) is 0 Å². The van der Waals surface area contributed by atoms with Crippen LogP contribution in [-0.4, -0.2) is 66.5 Å². The van der Waals surface area contributed by atoms with Crippen molar-refractivity contribution in [3.8, 4) is 11.8 Å². The van der Waals surface area contributed by atoms with E-state index < -0.39 is 34.8 Å². The minimum Gasteiger partial charge on any atom is -0.403 e. The Bertz CT molecular complexity index is 1310. The Labute approximate surface area is 220 Å². The van der Waals surface area contributed by atoms with Crippen molar-refractivity contribution in [2.24, 2.45) is 10.7 Å². The molecule has 0 spiro atoms. The van der Waals surface area contributed by atoms with E-state index in [9.17, 15) is 14.4 Å². The van der Waals surface area contributed by atoms with Crippen molar-refractivity contribution in [2.75, 3.05) is 31.6 Å². The third kappa shape index (κ3) is 5.72. The van der Waals surface area contributed by atoms with E-state index in [4.69, 9.17) is 5.73 Å². The van der Waals surface area contributed by atoms with E-state index in [0.29, 0.717) is 24.1 Å². The number of allylic oxidation sites excluding steroid dienone is 1. The first-order valence-corrected chi connectivity index (χ1v) is 12.0. The third-order valence-corrected chi connectivity index (χ3v) is 6.21. The van der Waals surface area contributed by atoms with Crippen molar-refractivity contribution in [1.82, 2.24) is 9.80 Å². The molecule has 1 aliphatic heterocycles. The first-order chi connectivity index (χ1) is 18.2. The fraction of sp³-hybridized carbons (Fsp3) is 0.286. The highest BCUT2D eigenvalue weighted by molar-refractivity contribution is 6.01. The van der Waals surface area contributed by atoms with Crippen LogP contribution in [0.25, 0.3) is 0 Å². The number of carbonyl (C=O) groups is 3. The smallest absolute Gasteiger partial charge is 0.325 e. The van der Waals surface area contributed by atoms with Crippen LogP contribution in [0.2, 0.25) is 0 Å². The molecule has 38 heavy (non-hydrogen) atoms. The second kappa shape index (κ2) is 12.1. The molecular formula is C28H29F2N5O3. The van der Waals surface area contributed by atoms with Crippen LogP contribution < -0.4 is 10.6 Å². The average molecular weight is 522 g/mol. The Morgan fingerprint density at radius 2 is 1.79 bits per heavy atom. The number of nitrogens with zero attached hydrogens (tertiary/aromatic N) is 4. The van der Waals surface area contributed by atoms with Gasteiger partial charge >= 0.3 is 6.03 Å². The molecule has 1 heterocycles. The molecule has 0 aliphatic carbocycles. The van der Waals surface area contributed by atoms with Gasteiger partial charge in [0.1, 0.15) is 17.5 Å². The van der Waals surface area contributed by atoms with Gasteiger partial charge in [0.25, 0.3) is 5.91 Å². The number of carbonyl (C=O) groups excluding carboxylic acids is 3. The van der Waals surface area contributed by atoms with Crippen LogP contribution in [0.4, 0.5) is 19.3 Å². The zero-order valence-electron chi connectivity index (χ0n) is 21.4. The molecule has 8 nitrogen and oxygen atoms in total. The number of hydrogen-bond donors (Lipinski definition) is 1. The first-order valence-electron chi connectivity index (χ1n) is 12.0. The molecule has 2 N–H and O–H groups in total. The Morgan fingerprint density at radius 3 is 2.37 bits per heavy atom. The van der Waals surface area contributed by atoms with E-state index >= 15 is 8.78 Å². The predicted octanol–water partition coefficient (Wildman–Crippen LogP) is 3.30. The minimum absolute atomic E-state index is 0.0135. The van der Waals surface area contributed by atoms with Gasteiger partial charge in [0, 0.05) is 56.6 Å². The number of rotatable bonds is 6. The van der Waals surface area contributed by atoms with Gasteiger partial charge in [-0.3, -0.25) is 14.7 Å². The minimum atomic E-state index is -1.62. The Kier molecular flexibility index (Phi) is 8.97. The number of urea groups is 1. The highest BCUT2D eigenvalue weighted by atomic mass is 19.1. The number of halogens is 2. The highest BCUT2D eigenvalue weighted by Crippen LogP contribution is 2.31. The summed E-state index contributed by atoms with van der Waals surface area (Å²) >= 11 is 0. The second-order valence-electron chi connectivity index (χ2n) is 8.72. The van der Waals surface area contributed by atoms with Crippen molar-refractivity contribution < 1.29 is 23.2 Å². The molecule has 2 aromatic carbocycles. The van der Waals surface area contributed by atoms with Gasteiger partial charge in [0.15, 0.2) is 11.6 Å². The Balaban J connectivity index is 1.91. The molecule has 1 atom stereocenters. The van der Waals surface area contributed by atoms with E-state index in [2.05, 4.69) is 16.8 Å². The van der Waals surface area contributed by atoms with Gasteiger partial charge in [-0.25, -0.2) is 13.6 Å². The molecular weight excluding hydrogens is 492 g/mol. The summed E-state index contributed by atoms with van der Waals surface area (Å²) in [5.41, 5.74) is 4.57. The van der Waals surface area contributed by atoms with Gasteiger partial charge in [0.05, 0.1) is 5.70 Å². The predicted molar refractivity (Wildman–Crippen MR) is 141 cm³/mol. The fourth-order valence-corrected chi connectivity index (χ4v) is 4.16. The number of piperazine rings is 1. The highest BCUT2D eigenvalue weighted by Gasteiger charge is 2.49. The van der Waals surface area contributed by atoms with E-state index in [0.717, 1.165) is 21.9 Å². The van der Waals surface area contributed by atoms with E-state index in [1.165, 1.54) is 31.3 Å². The molecule has 0 bridgehead atoms. The molecule has 2 aromatic rings. The molecule has 0 radical (unpaired) electrons. The molecule has 0 aromatic heterocycles. The number of benzene rings is 2. The van der Waals surface area contributed by atoms with Crippen molar-refractivity contribution in [1.29, 1.82) is 0 Å². The molecule has 1 aliphatic rings. The fourth-order valence-electron chi connectivity index (χ4n) is 4.16. The van der Waals surface area contributed by atoms with E-state index in [1.54, 1.807) is 24.3 Å². The number of anilines is 1. The number of nitrogens with two attached hydrogens (primary N) is 1. The summed E-state index contributed by atoms with van der Waals surface area (Å²) in [6.45, 7) is 3.75. The maximum absolute atomic E-state index is 15.1. The Hall–Kier alpha value is -4.52.